The van der Waals surface area contributed by atoms with Gasteiger partial charge in [-0.05, 0) is 43.9 Å². The third kappa shape index (κ3) is 9.90. The number of rotatable bonds is 15. The Balaban J connectivity index is 2.29. The molecule has 0 amide bonds. The summed E-state index contributed by atoms with van der Waals surface area (Å²) in [5, 5.41) is 9.51. The Morgan fingerprint density at radius 2 is 1.64 bits per heavy atom. The normalized spacial score (nSPS) is 23.2. The lowest BCUT2D eigenvalue weighted by atomic mass is 9.94. The highest BCUT2D eigenvalue weighted by Crippen LogP contribution is 2.28. The van der Waals surface area contributed by atoms with Crippen LogP contribution < -0.4 is 5.73 Å². The number of aromatic hydroxyl groups is 1. The third-order valence-electron chi connectivity index (χ3n) is 6.26. The van der Waals surface area contributed by atoms with Gasteiger partial charge in [-0.1, -0.05) is 32.9 Å². The summed E-state index contributed by atoms with van der Waals surface area (Å²) in [6, 6.07) is 6.23. The van der Waals surface area contributed by atoms with Crippen LogP contribution in [0.5, 0.6) is 5.75 Å². The predicted octanol–water partition coefficient (Wildman–Crippen LogP) is 2.59. The molecule has 0 radical (unpaired) electrons. The van der Waals surface area contributed by atoms with E-state index in [9.17, 15) is 24.3 Å². The van der Waals surface area contributed by atoms with Gasteiger partial charge in [-0.25, -0.2) is 4.79 Å². The predicted molar refractivity (Wildman–Crippen MR) is 139 cm³/mol. The number of aldehydes is 1. The fraction of sp³-hybridized carbons (Fsp3) is 0.643. The van der Waals surface area contributed by atoms with Crippen molar-refractivity contribution in [3.05, 3.63) is 29.8 Å². The lowest BCUT2D eigenvalue weighted by molar-refractivity contribution is -0.280. The number of nitrogens with two attached hydrogens (primary N) is 1. The monoisotopic (exact) mass is 551 g/mol. The van der Waals surface area contributed by atoms with E-state index in [1.165, 1.54) is 19.1 Å². The van der Waals surface area contributed by atoms with Crippen molar-refractivity contribution in [3.8, 4) is 5.75 Å². The van der Waals surface area contributed by atoms with E-state index in [0.29, 0.717) is 24.8 Å². The van der Waals surface area contributed by atoms with Gasteiger partial charge in [0, 0.05) is 25.2 Å². The van der Waals surface area contributed by atoms with E-state index in [0.717, 1.165) is 6.29 Å². The van der Waals surface area contributed by atoms with Crippen molar-refractivity contribution >= 4 is 24.2 Å². The first-order valence-electron chi connectivity index (χ1n) is 13.4. The zero-order valence-corrected chi connectivity index (χ0v) is 23.1. The second-order valence-corrected chi connectivity index (χ2v) is 9.95. The molecule has 0 bridgehead atoms. The van der Waals surface area contributed by atoms with Crippen molar-refractivity contribution in [2.24, 2.45) is 11.7 Å². The lowest BCUT2D eigenvalue weighted by Gasteiger charge is -2.41. The van der Waals surface area contributed by atoms with Crippen molar-refractivity contribution in [3.63, 3.8) is 0 Å². The number of carbonyl (C=O) groups excluding carboxylic acids is 4. The molecule has 1 aromatic carbocycles. The van der Waals surface area contributed by atoms with Gasteiger partial charge in [0.2, 0.25) is 12.4 Å². The first kappa shape index (κ1) is 32.2. The molecule has 0 spiro atoms. The van der Waals surface area contributed by atoms with E-state index in [-0.39, 0.29) is 44.1 Å². The highest BCUT2D eigenvalue weighted by atomic mass is 16.7. The van der Waals surface area contributed by atoms with E-state index in [1.807, 2.05) is 13.8 Å². The van der Waals surface area contributed by atoms with Gasteiger partial charge >= 0.3 is 17.9 Å². The third-order valence-corrected chi connectivity index (χ3v) is 6.26. The van der Waals surface area contributed by atoms with Gasteiger partial charge in [-0.2, -0.15) is 0 Å². The maximum absolute atomic E-state index is 13.2. The molecule has 6 atom stereocenters. The summed E-state index contributed by atoms with van der Waals surface area (Å²) in [5.41, 5.74) is 5.48. The van der Waals surface area contributed by atoms with Crippen LogP contribution in [0.15, 0.2) is 24.3 Å². The van der Waals surface area contributed by atoms with Gasteiger partial charge in [-0.3, -0.25) is 9.59 Å². The van der Waals surface area contributed by atoms with Gasteiger partial charge in [0.05, 0.1) is 13.2 Å². The molecule has 1 heterocycles. The molecular formula is C28H41NO10. The highest BCUT2D eigenvalue weighted by Gasteiger charge is 2.49. The molecule has 1 saturated heterocycles. The van der Waals surface area contributed by atoms with E-state index >= 15 is 0 Å². The zero-order valence-electron chi connectivity index (χ0n) is 23.1. The molecule has 218 valence electrons. The van der Waals surface area contributed by atoms with Crippen LogP contribution in [-0.4, -0.2) is 72.7 Å². The molecular weight excluding hydrogens is 510 g/mol. The zero-order chi connectivity index (χ0) is 29.0. The molecule has 11 heteroatoms. The molecule has 1 aliphatic rings. The molecule has 1 aliphatic heterocycles. The molecule has 1 aromatic rings. The molecule has 1 unspecified atom stereocenters. The first-order valence-corrected chi connectivity index (χ1v) is 13.4. The second-order valence-electron chi connectivity index (χ2n) is 9.95. The average Bonchev–Trinajstić information content (AvgIpc) is 2.88. The van der Waals surface area contributed by atoms with Crippen LogP contribution in [0.4, 0.5) is 0 Å². The summed E-state index contributed by atoms with van der Waals surface area (Å²) in [6.07, 6.45) is -2.15. The summed E-state index contributed by atoms with van der Waals surface area (Å²) in [7, 11) is 0. The summed E-state index contributed by atoms with van der Waals surface area (Å²) < 4.78 is 28.6. The molecule has 3 N–H and O–H groups in total. The number of esters is 3. The van der Waals surface area contributed by atoms with Crippen LogP contribution in [-0.2, 0) is 49.3 Å². The summed E-state index contributed by atoms with van der Waals surface area (Å²) >= 11 is 0. The molecule has 0 aromatic heterocycles. The van der Waals surface area contributed by atoms with Crippen LogP contribution in [0.25, 0.3) is 0 Å². The lowest BCUT2D eigenvalue weighted by Crippen LogP contribution is -2.60. The second kappa shape index (κ2) is 15.5. The van der Waals surface area contributed by atoms with Gasteiger partial charge in [0.15, 0.2) is 6.10 Å². The van der Waals surface area contributed by atoms with Crippen molar-refractivity contribution < 1.29 is 48.0 Å². The average molecular weight is 552 g/mol. The van der Waals surface area contributed by atoms with Crippen LogP contribution in [0.1, 0.15) is 65.4 Å². The fourth-order valence-electron chi connectivity index (χ4n) is 3.94. The van der Waals surface area contributed by atoms with Crippen LogP contribution in [0.3, 0.4) is 0 Å². The number of carbonyl (C=O) groups is 4. The molecule has 39 heavy (non-hydrogen) atoms. The van der Waals surface area contributed by atoms with Gasteiger partial charge in [0.25, 0.3) is 0 Å². The van der Waals surface area contributed by atoms with Crippen molar-refractivity contribution in [1.82, 2.24) is 0 Å². The minimum Gasteiger partial charge on any atom is -0.508 e. The Kier molecular flexibility index (Phi) is 12.8. The van der Waals surface area contributed by atoms with E-state index in [4.69, 9.17) is 29.4 Å². The topological polar surface area (TPSA) is 161 Å². The van der Waals surface area contributed by atoms with Crippen molar-refractivity contribution in [2.75, 3.05) is 13.2 Å². The maximum atomic E-state index is 13.2. The van der Waals surface area contributed by atoms with E-state index < -0.39 is 48.0 Å². The number of phenolic OH excluding ortho intramolecular Hbond substituents is 1. The molecule has 2 rings (SSSR count). The minimum absolute atomic E-state index is 0.0451. The molecule has 0 saturated carbocycles. The smallest absolute Gasteiger partial charge is 0.328 e. The Morgan fingerprint density at radius 3 is 2.18 bits per heavy atom. The standard InChI is InChI=1S/C28H41NO10/c1-5-8-22(32)37-24-21(35-16-18(7-3)15-30)17-36-26(25(24)38-23(33)9-6-2)39-27(34)28(4,29)14-19-10-12-20(31)13-11-19/h10-13,15,18,21,24-26,31H,5-9,14,16-17,29H2,1-4H3/t18?,21-,24+,25-,26+,28+/m1/s1. The highest BCUT2D eigenvalue weighted by molar-refractivity contribution is 5.80. The Bertz CT molecular complexity index is 948. The Hall–Kier alpha value is -3.02. The van der Waals surface area contributed by atoms with E-state index in [2.05, 4.69) is 0 Å². The number of hydrogen-bond donors (Lipinski definition) is 2. The largest absolute Gasteiger partial charge is 0.508 e. The number of benzene rings is 1. The van der Waals surface area contributed by atoms with Crippen LogP contribution in [0.2, 0.25) is 0 Å². The SMILES string of the molecule is CCCC(=O)O[C@@H]1[C@@H](OC(=O)CCC)[C@H](OC(=O)[C@@](C)(N)Cc2ccc(O)cc2)OC[C@H]1OCC(C=O)CC. The summed E-state index contributed by atoms with van der Waals surface area (Å²) in [4.78, 5) is 49.5. The molecule has 11 nitrogen and oxygen atoms in total. The quantitative estimate of drug-likeness (QED) is 0.187. The molecule has 1 fully saturated rings. The number of phenols is 1. The van der Waals surface area contributed by atoms with Gasteiger partial charge in [0.1, 0.15) is 23.7 Å². The Morgan fingerprint density at radius 1 is 1.05 bits per heavy atom. The minimum atomic E-state index is -1.50. The maximum Gasteiger partial charge on any atom is 0.328 e. The van der Waals surface area contributed by atoms with Crippen molar-refractivity contribution in [1.29, 1.82) is 0 Å². The van der Waals surface area contributed by atoms with Crippen LogP contribution >= 0.6 is 0 Å². The van der Waals surface area contributed by atoms with Gasteiger partial charge in [-0.15, -0.1) is 0 Å². The number of ether oxygens (including phenoxy) is 5. The number of hydrogen-bond acceptors (Lipinski definition) is 11. The fourth-order valence-corrected chi connectivity index (χ4v) is 3.94. The first-order chi connectivity index (χ1) is 18.5. The van der Waals surface area contributed by atoms with Crippen LogP contribution in [0, 0.1) is 5.92 Å². The Labute approximate surface area is 229 Å². The van der Waals surface area contributed by atoms with Gasteiger partial charge < -0.3 is 39.3 Å². The summed E-state index contributed by atoms with van der Waals surface area (Å²) in [6.45, 7) is 6.83. The molecule has 0 aliphatic carbocycles. The summed E-state index contributed by atoms with van der Waals surface area (Å²) in [5.74, 6) is -2.28. The van der Waals surface area contributed by atoms with E-state index in [1.54, 1.807) is 19.1 Å². The van der Waals surface area contributed by atoms with Crippen molar-refractivity contribution in [2.45, 2.75) is 96.4 Å².